The smallest absolute Gasteiger partial charge is 0.263 e. The summed E-state index contributed by atoms with van der Waals surface area (Å²) in [5, 5.41) is 3.27. The molecule has 1 aromatic carbocycles. The first-order valence-corrected chi connectivity index (χ1v) is 6.42. The van der Waals surface area contributed by atoms with E-state index in [0.29, 0.717) is 6.54 Å². The summed E-state index contributed by atoms with van der Waals surface area (Å²) in [4.78, 5) is 0. The summed E-state index contributed by atoms with van der Waals surface area (Å²) < 4.78 is 25.0. The van der Waals surface area contributed by atoms with Crippen LogP contribution in [0, 0.1) is 12.3 Å². The van der Waals surface area contributed by atoms with E-state index in [1.807, 2.05) is 0 Å². The van der Waals surface area contributed by atoms with Gasteiger partial charge in [-0.3, -0.25) is 5.32 Å². The number of alkyl halides is 2. The van der Waals surface area contributed by atoms with E-state index in [1.54, 1.807) is 12.1 Å². The summed E-state index contributed by atoms with van der Waals surface area (Å²) in [6.45, 7) is 2.43. The molecule has 2 atom stereocenters. The van der Waals surface area contributed by atoms with Crippen LogP contribution in [0.5, 0.6) is 0 Å². The molecule has 1 aromatic rings. The van der Waals surface area contributed by atoms with Crippen molar-refractivity contribution in [3.63, 3.8) is 0 Å². The second-order valence-corrected chi connectivity index (χ2v) is 4.43. The lowest BCUT2D eigenvalue weighted by molar-refractivity contribution is 0.151. The molecule has 0 aromatic heterocycles. The van der Waals surface area contributed by atoms with Gasteiger partial charge in [0.1, 0.15) is 0 Å². The first-order chi connectivity index (χ1) is 9.12. The van der Waals surface area contributed by atoms with Gasteiger partial charge in [0.05, 0.1) is 6.04 Å². The molecule has 4 heteroatoms. The van der Waals surface area contributed by atoms with Crippen molar-refractivity contribution < 1.29 is 8.78 Å². The Bertz CT molecular complexity index is 409. The van der Waals surface area contributed by atoms with E-state index < -0.39 is 6.43 Å². The van der Waals surface area contributed by atoms with E-state index >= 15 is 0 Å². The van der Waals surface area contributed by atoms with Gasteiger partial charge in [0.25, 0.3) is 6.43 Å². The van der Waals surface area contributed by atoms with Gasteiger partial charge in [0, 0.05) is 18.2 Å². The number of halogens is 2. The highest BCUT2D eigenvalue weighted by molar-refractivity contribution is 5.26. The standard InChI is InChI=1S/C15H20F2N2/c1-3-5-13(4-2)19-14(10-18)11-6-8-12(9-7-11)15(16)17/h2,6-9,13-15,19H,3,5,10,18H2,1H3. The number of nitrogens with one attached hydrogen (secondary N) is 1. The Morgan fingerprint density at radius 1 is 1.26 bits per heavy atom. The highest BCUT2D eigenvalue weighted by Gasteiger charge is 2.14. The summed E-state index contributed by atoms with van der Waals surface area (Å²) in [6.07, 6.45) is 4.84. The Labute approximate surface area is 113 Å². The van der Waals surface area contributed by atoms with E-state index in [-0.39, 0.29) is 17.6 Å². The molecule has 0 radical (unpaired) electrons. The normalized spacial score (nSPS) is 14.1. The Morgan fingerprint density at radius 3 is 2.26 bits per heavy atom. The van der Waals surface area contributed by atoms with Gasteiger partial charge in [-0.2, -0.15) is 0 Å². The van der Waals surface area contributed by atoms with Crippen LogP contribution in [0.1, 0.15) is 43.4 Å². The highest BCUT2D eigenvalue weighted by atomic mass is 19.3. The maximum atomic E-state index is 12.5. The number of benzene rings is 1. The first-order valence-electron chi connectivity index (χ1n) is 6.42. The van der Waals surface area contributed by atoms with E-state index in [4.69, 9.17) is 12.2 Å². The van der Waals surface area contributed by atoms with Gasteiger partial charge in [-0.25, -0.2) is 8.78 Å². The van der Waals surface area contributed by atoms with E-state index in [9.17, 15) is 8.78 Å². The van der Waals surface area contributed by atoms with Crippen LogP contribution in [0.3, 0.4) is 0 Å². The molecule has 0 saturated carbocycles. The lowest BCUT2D eigenvalue weighted by Gasteiger charge is -2.22. The molecule has 2 nitrogen and oxygen atoms in total. The largest absolute Gasteiger partial charge is 0.329 e. The van der Waals surface area contributed by atoms with Crippen molar-refractivity contribution in [2.45, 2.75) is 38.3 Å². The fraction of sp³-hybridized carbons (Fsp3) is 0.467. The van der Waals surface area contributed by atoms with Crippen LogP contribution in [-0.4, -0.2) is 12.6 Å². The van der Waals surface area contributed by atoms with Crippen LogP contribution < -0.4 is 11.1 Å². The Kier molecular flexibility index (Phi) is 6.48. The lowest BCUT2D eigenvalue weighted by Crippen LogP contribution is -2.35. The molecular formula is C15H20F2N2. The van der Waals surface area contributed by atoms with Crippen molar-refractivity contribution in [3.05, 3.63) is 35.4 Å². The second kappa shape index (κ2) is 7.88. The topological polar surface area (TPSA) is 38.0 Å². The molecule has 0 spiro atoms. The molecule has 0 fully saturated rings. The fourth-order valence-corrected chi connectivity index (χ4v) is 1.92. The minimum Gasteiger partial charge on any atom is -0.329 e. The fourth-order valence-electron chi connectivity index (χ4n) is 1.92. The van der Waals surface area contributed by atoms with Crippen molar-refractivity contribution in [3.8, 4) is 12.3 Å². The van der Waals surface area contributed by atoms with Gasteiger partial charge in [-0.15, -0.1) is 6.42 Å². The van der Waals surface area contributed by atoms with Gasteiger partial charge in [-0.05, 0) is 12.0 Å². The summed E-state index contributed by atoms with van der Waals surface area (Å²) in [5.74, 6) is 2.68. The molecule has 0 aliphatic heterocycles. The zero-order valence-electron chi connectivity index (χ0n) is 11.1. The van der Waals surface area contributed by atoms with Crippen LogP contribution in [0.2, 0.25) is 0 Å². The predicted molar refractivity (Wildman–Crippen MR) is 73.9 cm³/mol. The number of terminal acetylenes is 1. The lowest BCUT2D eigenvalue weighted by atomic mass is 10.0. The third-order valence-electron chi connectivity index (χ3n) is 3.01. The Balaban J connectivity index is 2.76. The Hall–Kier alpha value is -1.44. The molecule has 3 N–H and O–H groups in total. The van der Waals surface area contributed by atoms with Crippen LogP contribution >= 0.6 is 0 Å². The van der Waals surface area contributed by atoms with Crippen LogP contribution in [0.4, 0.5) is 8.78 Å². The minimum atomic E-state index is -2.45. The van der Waals surface area contributed by atoms with Gasteiger partial charge < -0.3 is 5.73 Å². The van der Waals surface area contributed by atoms with Crippen molar-refractivity contribution in [1.29, 1.82) is 0 Å². The molecular weight excluding hydrogens is 246 g/mol. The number of hydrogen-bond donors (Lipinski definition) is 2. The van der Waals surface area contributed by atoms with E-state index in [1.165, 1.54) is 12.1 Å². The summed E-state index contributed by atoms with van der Waals surface area (Å²) in [7, 11) is 0. The molecule has 2 unspecified atom stereocenters. The van der Waals surface area contributed by atoms with Gasteiger partial charge in [-0.1, -0.05) is 43.5 Å². The van der Waals surface area contributed by atoms with Crippen molar-refractivity contribution >= 4 is 0 Å². The molecule has 0 saturated heterocycles. The molecule has 0 heterocycles. The Morgan fingerprint density at radius 2 is 1.84 bits per heavy atom. The van der Waals surface area contributed by atoms with Crippen LogP contribution in [0.15, 0.2) is 24.3 Å². The molecule has 19 heavy (non-hydrogen) atoms. The number of nitrogens with two attached hydrogens (primary N) is 1. The van der Waals surface area contributed by atoms with Gasteiger partial charge >= 0.3 is 0 Å². The molecule has 104 valence electrons. The average Bonchev–Trinajstić information content (AvgIpc) is 2.43. The molecule has 0 aliphatic rings. The number of rotatable bonds is 7. The molecule has 0 amide bonds. The maximum absolute atomic E-state index is 12.5. The quantitative estimate of drug-likeness (QED) is 0.744. The highest BCUT2D eigenvalue weighted by Crippen LogP contribution is 2.21. The summed E-state index contributed by atoms with van der Waals surface area (Å²) >= 11 is 0. The van der Waals surface area contributed by atoms with Crippen LogP contribution in [0.25, 0.3) is 0 Å². The molecule has 0 aliphatic carbocycles. The summed E-state index contributed by atoms with van der Waals surface area (Å²) in [5.41, 5.74) is 6.62. The predicted octanol–water partition coefficient (Wildman–Crippen LogP) is 3.02. The third kappa shape index (κ3) is 4.62. The monoisotopic (exact) mass is 266 g/mol. The number of hydrogen-bond acceptors (Lipinski definition) is 2. The third-order valence-corrected chi connectivity index (χ3v) is 3.01. The first kappa shape index (κ1) is 15.6. The van der Waals surface area contributed by atoms with Gasteiger partial charge in [0.2, 0.25) is 0 Å². The average molecular weight is 266 g/mol. The van der Waals surface area contributed by atoms with Gasteiger partial charge in [0.15, 0.2) is 0 Å². The zero-order valence-corrected chi connectivity index (χ0v) is 11.1. The van der Waals surface area contributed by atoms with E-state index in [0.717, 1.165) is 18.4 Å². The zero-order chi connectivity index (χ0) is 14.3. The molecule has 0 bridgehead atoms. The summed E-state index contributed by atoms with van der Waals surface area (Å²) in [6, 6.07) is 6.04. The van der Waals surface area contributed by atoms with Crippen molar-refractivity contribution in [2.75, 3.05) is 6.54 Å². The van der Waals surface area contributed by atoms with Crippen LogP contribution in [-0.2, 0) is 0 Å². The molecule has 1 rings (SSSR count). The SMILES string of the molecule is C#CC(CCC)NC(CN)c1ccc(C(F)F)cc1. The minimum absolute atomic E-state index is 0.0154. The van der Waals surface area contributed by atoms with Crippen molar-refractivity contribution in [2.24, 2.45) is 5.73 Å². The second-order valence-electron chi connectivity index (χ2n) is 4.43. The van der Waals surface area contributed by atoms with E-state index in [2.05, 4.69) is 18.2 Å². The maximum Gasteiger partial charge on any atom is 0.263 e. The van der Waals surface area contributed by atoms with Crippen molar-refractivity contribution in [1.82, 2.24) is 5.32 Å².